The van der Waals surface area contributed by atoms with Crippen molar-refractivity contribution < 1.29 is 9.90 Å². The second-order valence-electron chi connectivity index (χ2n) is 4.46. The Morgan fingerprint density at radius 3 is 2.44 bits per heavy atom. The second kappa shape index (κ2) is 4.66. The van der Waals surface area contributed by atoms with E-state index in [1.165, 1.54) is 0 Å². The van der Waals surface area contributed by atoms with E-state index in [1.807, 2.05) is 18.2 Å². The predicted molar refractivity (Wildman–Crippen MR) is 62.2 cm³/mol. The molecule has 0 radical (unpaired) electrons. The van der Waals surface area contributed by atoms with E-state index in [1.54, 1.807) is 6.07 Å². The number of carbonyl (C=O) groups is 1. The van der Waals surface area contributed by atoms with Gasteiger partial charge in [0, 0.05) is 5.56 Å². The smallest absolute Gasteiger partial charge is 0.248 e. The van der Waals surface area contributed by atoms with E-state index in [0.717, 1.165) is 31.2 Å². The van der Waals surface area contributed by atoms with Crippen molar-refractivity contribution in [3.05, 3.63) is 35.4 Å². The quantitative estimate of drug-likeness (QED) is 0.796. The summed E-state index contributed by atoms with van der Waals surface area (Å²) in [4.78, 5) is 11.3. The SMILES string of the molecule is NC(=O)c1ccccc1[C@H]1CC[C@H](O)CC1. The van der Waals surface area contributed by atoms with Crippen molar-refractivity contribution in [2.75, 3.05) is 0 Å². The Morgan fingerprint density at radius 1 is 1.19 bits per heavy atom. The average molecular weight is 219 g/mol. The van der Waals surface area contributed by atoms with Crippen LogP contribution in [-0.4, -0.2) is 17.1 Å². The Morgan fingerprint density at radius 2 is 1.81 bits per heavy atom. The van der Waals surface area contributed by atoms with Gasteiger partial charge in [0.25, 0.3) is 0 Å². The molecular weight excluding hydrogens is 202 g/mol. The van der Waals surface area contributed by atoms with Crippen LogP contribution >= 0.6 is 0 Å². The molecule has 3 N–H and O–H groups in total. The zero-order valence-corrected chi connectivity index (χ0v) is 9.23. The highest BCUT2D eigenvalue weighted by Gasteiger charge is 2.23. The van der Waals surface area contributed by atoms with Crippen molar-refractivity contribution >= 4 is 5.91 Å². The summed E-state index contributed by atoms with van der Waals surface area (Å²) in [6, 6.07) is 7.53. The van der Waals surface area contributed by atoms with Crippen LogP contribution in [0.25, 0.3) is 0 Å². The number of aliphatic hydroxyl groups excluding tert-OH is 1. The van der Waals surface area contributed by atoms with E-state index in [-0.39, 0.29) is 12.0 Å². The minimum Gasteiger partial charge on any atom is -0.393 e. The maximum Gasteiger partial charge on any atom is 0.248 e. The molecule has 16 heavy (non-hydrogen) atoms. The van der Waals surface area contributed by atoms with Gasteiger partial charge in [-0.05, 0) is 43.2 Å². The number of primary amides is 1. The van der Waals surface area contributed by atoms with Crippen molar-refractivity contribution in [2.45, 2.75) is 37.7 Å². The number of nitrogens with two attached hydrogens (primary N) is 1. The molecule has 3 heteroatoms. The van der Waals surface area contributed by atoms with Crippen molar-refractivity contribution in [1.29, 1.82) is 0 Å². The Bertz CT molecular complexity index is 381. The van der Waals surface area contributed by atoms with Crippen LogP contribution < -0.4 is 5.73 Å². The molecule has 0 unspecified atom stereocenters. The monoisotopic (exact) mass is 219 g/mol. The van der Waals surface area contributed by atoms with Crippen LogP contribution in [0.3, 0.4) is 0 Å². The molecule has 2 rings (SSSR count). The molecule has 3 nitrogen and oxygen atoms in total. The van der Waals surface area contributed by atoms with Crippen molar-refractivity contribution in [3.8, 4) is 0 Å². The van der Waals surface area contributed by atoms with E-state index >= 15 is 0 Å². The Hall–Kier alpha value is -1.35. The van der Waals surface area contributed by atoms with Crippen LogP contribution in [0.2, 0.25) is 0 Å². The number of aliphatic hydroxyl groups is 1. The third-order valence-corrected chi connectivity index (χ3v) is 3.36. The molecule has 86 valence electrons. The molecule has 1 fully saturated rings. The highest BCUT2D eigenvalue weighted by atomic mass is 16.3. The lowest BCUT2D eigenvalue weighted by Gasteiger charge is -2.26. The fraction of sp³-hybridized carbons (Fsp3) is 0.462. The number of carbonyl (C=O) groups excluding carboxylic acids is 1. The summed E-state index contributed by atoms with van der Waals surface area (Å²) >= 11 is 0. The summed E-state index contributed by atoms with van der Waals surface area (Å²) < 4.78 is 0. The first-order chi connectivity index (χ1) is 7.68. The molecule has 1 aromatic rings. The van der Waals surface area contributed by atoms with Gasteiger partial charge in [-0.2, -0.15) is 0 Å². The fourth-order valence-corrected chi connectivity index (χ4v) is 2.46. The van der Waals surface area contributed by atoms with Gasteiger partial charge in [-0.3, -0.25) is 4.79 Å². The van der Waals surface area contributed by atoms with Gasteiger partial charge in [-0.25, -0.2) is 0 Å². The van der Waals surface area contributed by atoms with Gasteiger partial charge < -0.3 is 10.8 Å². The van der Waals surface area contributed by atoms with Crippen LogP contribution in [0.15, 0.2) is 24.3 Å². The molecule has 1 saturated carbocycles. The van der Waals surface area contributed by atoms with Gasteiger partial charge in [0.2, 0.25) is 5.91 Å². The van der Waals surface area contributed by atoms with Gasteiger partial charge in [0.1, 0.15) is 0 Å². The highest BCUT2D eigenvalue weighted by molar-refractivity contribution is 5.94. The fourth-order valence-electron chi connectivity index (χ4n) is 2.46. The van der Waals surface area contributed by atoms with E-state index in [2.05, 4.69) is 0 Å². The van der Waals surface area contributed by atoms with Crippen LogP contribution in [0.5, 0.6) is 0 Å². The molecular formula is C13H17NO2. The Kier molecular flexibility index (Phi) is 3.25. The third kappa shape index (κ3) is 2.25. The van der Waals surface area contributed by atoms with Gasteiger partial charge in [0.05, 0.1) is 6.10 Å². The summed E-state index contributed by atoms with van der Waals surface area (Å²) in [6.45, 7) is 0. The number of hydrogen-bond acceptors (Lipinski definition) is 2. The van der Waals surface area contributed by atoms with Crippen LogP contribution in [-0.2, 0) is 0 Å². The van der Waals surface area contributed by atoms with Crippen molar-refractivity contribution in [1.82, 2.24) is 0 Å². The first-order valence-corrected chi connectivity index (χ1v) is 5.75. The first-order valence-electron chi connectivity index (χ1n) is 5.75. The average Bonchev–Trinajstić information content (AvgIpc) is 2.30. The largest absolute Gasteiger partial charge is 0.393 e. The molecule has 0 atom stereocenters. The lowest BCUT2D eigenvalue weighted by atomic mass is 9.81. The lowest BCUT2D eigenvalue weighted by molar-refractivity contribution is 0.0997. The summed E-state index contributed by atoms with van der Waals surface area (Å²) in [5.74, 6) is 0.00817. The minimum absolute atomic E-state index is 0.169. The lowest BCUT2D eigenvalue weighted by Crippen LogP contribution is -2.20. The molecule has 1 aliphatic carbocycles. The van der Waals surface area contributed by atoms with Gasteiger partial charge in [-0.15, -0.1) is 0 Å². The van der Waals surface area contributed by atoms with Gasteiger partial charge >= 0.3 is 0 Å². The Balaban J connectivity index is 2.23. The van der Waals surface area contributed by atoms with Crippen LogP contribution in [0.4, 0.5) is 0 Å². The maximum atomic E-state index is 11.3. The molecule has 0 heterocycles. The van der Waals surface area contributed by atoms with E-state index in [0.29, 0.717) is 11.5 Å². The highest BCUT2D eigenvalue weighted by Crippen LogP contribution is 2.34. The first kappa shape index (κ1) is 11.1. The molecule has 0 aliphatic heterocycles. The Labute approximate surface area is 95.3 Å². The summed E-state index contributed by atoms with van der Waals surface area (Å²) in [5.41, 5.74) is 7.03. The third-order valence-electron chi connectivity index (χ3n) is 3.36. The van der Waals surface area contributed by atoms with E-state index in [4.69, 9.17) is 5.73 Å². The normalized spacial score (nSPS) is 25.3. The van der Waals surface area contributed by atoms with Crippen molar-refractivity contribution in [3.63, 3.8) is 0 Å². The molecule has 0 aromatic heterocycles. The molecule has 0 bridgehead atoms. The van der Waals surface area contributed by atoms with Crippen LogP contribution in [0.1, 0.15) is 47.5 Å². The molecule has 1 amide bonds. The number of hydrogen-bond donors (Lipinski definition) is 2. The molecule has 0 saturated heterocycles. The summed E-state index contributed by atoms with van der Waals surface area (Å²) in [7, 11) is 0. The number of rotatable bonds is 2. The molecule has 0 spiro atoms. The van der Waals surface area contributed by atoms with Crippen molar-refractivity contribution in [2.24, 2.45) is 5.73 Å². The van der Waals surface area contributed by atoms with E-state index in [9.17, 15) is 9.90 Å². The van der Waals surface area contributed by atoms with Gasteiger partial charge in [0.15, 0.2) is 0 Å². The summed E-state index contributed by atoms with van der Waals surface area (Å²) in [6.07, 6.45) is 3.34. The minimum atomic E-state index is -0.360. The number of benzene rings is 1. The zero-order valence-electron chi connectivity index (χ0n) is 9.23. The zero-order chi connectivity index (χ0) is 11.5. The standard InChI is InChI=1S/C13H17NO2/c14-13(16)12-4-2-1-3-11(12)9-5-7-10(15)8-6-9/h1-4,9-10,15H,5-8H2,(H2,14,16)/t9-,10-. The second-order valence-corrected chi connectivity index (χ2v) is 4.46. The topological polar surface area (TPSA) is 63.3 Å². The predicted octanol–water partition coefficient (Wildman–Crippen LogP) is 1.80. The van der Waals surface area contributed by atoms with E-state index < -0.39 is 0 Å². The van der Waals surface area contributed by atoms with Gasteiger partial charge in [-0.1, -0.05) is 18.2 Å². The maximum absolute atomic E-state index is 11.3. The summed E-state index contributed by atoms with van der Waals surface area (Å²) in [5, 5.41) is 9.46. The number of amides is 1. The molecule has 1 aromatic carbocycles. The molecule has 1 aliphatic rings. The van der Waals surface area contributed by atoms with Crippen LogP contribution in [0, 0.1) is 0 Å².